The molecule has 0 unspecified atom stereocenters. The average Bonchev–Trinajstić information content (AvgIpc) is 2.66. The van der Waals surface area contributed by atoms with Crippen LogP contribution in [-0.4, -0.2) is 5.78 Å². The van der Waals surface area contributed by atoms with Gasteiger partial charge in [-0.25, -0.2) is 0 Å². The Morgan fingerprint density at radius 2 is 2.05 bits per heavy atom. The number of hydrogen-bond donors (Lipinski definition) is 0. The monoisotopic (exact) mass is 256 g/mol. The fourth-order valence-corrected chi connectivity index (χ4v) is 2.72. The SMILES string of the molecule is CC(C)Cc1cccc(C(=O)C2=CCCCCC2)c1. The van der Waals surface area contributed by atoms with E-state index < -0.39 is 0 Å². The van der Waals surface area contributed by atoms with Crippen molar-refractivity contribution in [2.24, 2.45) is 5.92 Å². The molecule has 0 saturated carbocycles. The normalized spacial score (nSPS) is 16.1. The van der Waals surface area contributed by atoms with E-state index in [1.807, 2.05) is 12.1 Å². The van der Waals surface area contributed by atoms with Crippen LogP contribution in [0.2, 0.25) is 0 Å². The van der Waals surface area contributed by atoms with Crippen LogP contribution in [0.5, 0.6) is 0 Å². The lowest BCUT2D eigenvalue weighted by Crippen LogP contribution is -2.04. The molecule has 0 fully saturated rings. The fraction of sp³-hybridized carbons (Fsp3) is 0.500. The zero-order valence-corrected chi connectivity index (χ0v) is 12.1. The van der Waals surface area contributed by atoms with Gasteiger partial charge in [-0.05, 0) is 55.2 Å². The molecule has 2 rings (SSSR count). The molecule has 0 radical (unpaired) electrons. The number of hydrogen-bond acceptors (Lipinski definition) is 1. The van der Waals surface area contributed by atoms with Crippen molar-refractivity contribution in [1.82, 2.24) is 0 Å². The van der Waals surface area contributed by atoms with Gasteiger partial charge in [0.05, 0.1) is 0 Å². The first-order valence-corrected chi connectivity index (χ1v) is 7.49. The Hall–Kier alpha value is -1.37. The Bertz CT molecular complexity index is 468. The summed E-state index contributed by atoms with van der Waals surface area (Å²) in [6.07, 6.45) is 8.85. The first-order valence-electron chi connectivity index (χ1n) is 7.49. The lowest BCUT2D eigenvalue weighted by Gasteiger charge is -2.08. The molecule has 0 heterocycles. The van der Waals surface area contributed by atoms with Crippen LogP contribution in [0.25, 0.3) is 0 Å². The lowest BCUT2D eigenvalue weighted by molar-refractivity contribution is 0.103. The van der Waals surface area contributed by atoms with Gasteiger partial charge in [0, 0.05) is 5.56 Å². The van der Waals surface area contributed by atoms with Crippen LogP contribution >= 0.6 is 0 Å². The van der Waals surface area contributed by atoms with Gasteiger partial charge in [0.25, 0.3) is 0 Å². The minimum absolute atomic E-state index is 0.243. The molecule has 0 atom stereocenters. The second kappa shape index (κ2) is 6.70. The number of ketones is 1. The number of rotatable bonds is 4. The first kappa shape index (κ1) is 14.0. The maximum atomic E-state index is 12.5. The van der Waals surface area contributed by atoms with Crippen LogP contribution in [0.3, 0.4) is 0 Å². The summed E-state index contributed by atoms with van der Waals surface area (Å²) >= 11 is 0. The molecule has 0 aromatic heterocycles. The molecule has 0 spiro atoms. The molecular formula is C18H24O. The number of carbonyl (C=O) groups excluding carboxylic acids is 1. The van der Waals surface area contributed by atoms with E-state index in [1.165, 1.54) is 18.4 Å². The summed E-state index contributed by atoms with van der Waals surface area (Å²) in [5.41, 5.74) is 3.17. The quantitative estimate of drug-likeness (QED) is 0.696. The van der Waals surface area contributed by atoms with E-state index in [4.69, 9.17) is 0 Å². The van der Waals surface area contributed by atoms with Crippen molar-refractivity contribution in [3.63, 3.8) is 0 Å². The summed E-state index contributed by atoms with van der Waals surface area (Å²) in [7, 11) is 0. The molecule has 102 valence electrons. The smallest absolute Gasteiger partial charge is 0.188 e. The minimum Gasteiger partial charge on any atom is -0.289 e. The summed E-state index contributed by atoms with van der Waals surface area (Å²) in [6, 6.07) is 8.17. The molecule has 1 aliphatic rings. The third-order valence-electron chi connectivity index (χ3n) is 3.67. The minimum atomic E-state index is 0.243. The maximum absolute atomic E-state index is 12.5. The number of benzene rings is 1. The average molecular weight is 256 g/mol. The third-order valence-corrected chi connectivity index (χ3v) is 3.67. The predicted molar refractivity (Wildman–Crippen MR) is 80.5 cm³/mol. The summed E-state index contributed by atoms with van der Waals surface area (Å²) in [4.78, 5) is 12.5. The van der Waals surface area contributed by atoms with Gasteiger partial charge in [0.2, 0.25) is 0 Å². The van der Waals surface area contributed by atoms with Crippen LogP contribution in [0, 0.1) is 5.92 Å². The second-order valence-corrected chi connectivity index (χ2v) is 5.96. The van der Waals surface area contributed by atoms with Gasteiger partial charge in [-0.2, -0.15) is 0 Å². The Labute approximate surface area is 116 Å². The first-order chi connectivity index (χ1) is 9.16. The van der Waals surface area contributed by atoms with E-state index in [0.717, 1.165) is 36.8 Å². The molecule has 19 heavy (non-hydrogen) atoms. The van der Waals surface area contributed by atoms with Crippen molar-refractivity contribution in [3.8, 4) is 0 Å². The largest absolute Gasteiger partial charge is 0.289 e. The summed E-state index contributed by atoms with van der Waals surface area (Å²) in [5, 5.41) is 0. The van der Waals surface area contributed by atoms with Crippen molar-refractivity contribution in [1.29, 1.82) is 0 Å². The van der Waals surface area contributed by atoms with Crippen molar-refractivity contribution in [2.75, 3.05) is 0 Å². The molecule has 0 amide bonds. The Balaban J connectivity index is 2.16. The van der Waals surface area contributed by atoms with Crippen LogP contribution < -0.4 is 0 Å². The molecule has 1 aromatic rings. The van der Waals surface area contributed by atoms with Crippen molar-refractivity contribution >= 4 is 5.78 Å². The van der Waals surface area contributed by atoms with E-state index in [0.29, 0.717) is 5.92 Å². The van der Waals surface area contributed by atoms with Crippen LogP contribution in [-0.2, 0) is 6.42 Å². The Morgan fingerprint density at radius 1 is 1.21 bits per heavy atom. The second-order valence-electron chi connectivity index (χ2n) is 5.96. The van der Waals surface area contributed by atoms with Gasteiger partial charge < -0.3 is 0 Å². The molecule has 1 nitrogen and oxygen atoms in total. The summed E-state index contributed by atoms with van der Waals surface area (Å²) in [6.45, 7) is 4.42. The molecule has 0 N–H and O–H groups in total. The van der Waals surface area contributed by atoms with E-state index >= 15 is 0 Å². The number of allylic oxidation sites excluding steroid dienone is 2. The molecule has 0 aliphatic heterocycles. The zero-order valence-electron chi connectivity index (χ0n) is 12.1. The molecule has 1 heteroatoms. The maximum Gasteiger partial charge on any atom is 0.188 e. The van der Waals surface area contributed by atoms with Gasteiger partial charge in [0.1, 0.15) is 0 Å². The highest BCUT2D eigenvalue weighted by atomic mass is 16.1. The molecule has 0 bridgehead atoms. The Morgan fingerprint density at radius 3 is 2.84 bits per heavy atom. The molecule has 1 aliphatic carbocycles. The van der Waals surface area contributed by atoms with Crippen molar-refractivity contribution < 1.29 is 4.79 Å². The van der Waals surface area contributed by atoms with Gasteiger partial charge >= 0.3 is 0 Å². The highest BCUT2D eigenvalue weighted by molar-refractivity contribution is 6.08. The number of carbonyl (C=O) groups is 1. The lowest BCUT2D eigenvalue weighted by atomic mass is 9.95. The summed E-state index contributed by atoms with van der Waals surface area (Å²) < 4.78 is 0. The summed E-state index contributed by atoms with van der Waals surface area (Å²) in [5.74, 6) is 0.870. The predicted octanol–water partition coefficient (Wildman–Crippen LogP) is 4.96. The fourth-order valence-electron chi connectivity index (χ4n) is 2.72. The molecular weight excluding hydrogens is 232 g/mol. The van der Waals surface area contributed by atoms with Crippen LogP contribution in [0.1, 0.15) is 61.9 Å². The van der Waals surface area contributed by atoms with Crippen molar-refractivity contribution in [2.45, 2.75) is 52.4 Å². The molecule has 0 saturated heterocycles. The van der Waals surface area contributed by atoms with E-state index in [-0.39, 0.29) is 5.78 Å². The third kappa shape index (κ3) is 4.05. The van der Waals surface area contributed by atoms with E-state index in [1.54, 1.807) is 0 Å². The van der Waals surface area contributed by atoms with Crippen LogP contribution in [0.15, 0.2) is 35.9 Å². The standard InChI is InChI=1S/C18H24O/c1-14(2)12-15-8-7-11-17(13-15)18(19)16-9-5-3-4-6-10-16/h7-9,11,13-14H,3-6,10,12H2,1-2H3. The van der Waals surface area contributed by atoms with Crippen LogP contribution in [0.4, 0.5) is 0 Å². The van der Waals surface area contributed by atoms with Gasteiger partial charge in [0.15, 0.2) is 5.78 Å². The van der Waals surface area contributed by atoms with E-state index in [2.05, 4.69) is 32.1 Å². The van der Waals surface area contributed by atoms with Gasteiger partial charge in [-0.15, -0.1) is 0 Å². The zero-order chi connectivity index (χ0) is 13.7. The topological polar surface area (TPSA) is 17.1 Å². The van der Waals surface area contributed by atoms with Gasteiger partial charge in [-0.3, -0.25) is 4.79 Å². The van der Waals surface area contributed by atoms with E-state index in [9.17, 15) is 4.79 Å². The highest BCUT2D eigenvalue weighted by Gasteiger charge is 2.14. The molecule has 1 aromatic carbocycles. The van der Waals surface area contributed by atoms with Gasteiger partial charge in [-0.1, -0.05) is 44.5 Å². The van der Waals surface area contributed by atoms with Crippen molar-refractivity contribution in [3.05, 3.63) is 47.0 Å². The number of Topliss-reactive ketones (excluding diaryl/α,β-unsaturated/α-hetero) is 1. The Kier molecular flexibility index (Phi) is 4.95. The highest BCUT2D eigenvalue weighted by Crippen LogP contribution is 2.21.